The van der Waals surface area contributed by atoms with Crippen LogP contribution in [-0.4, -0.2) is 62.6 Å². The molecule has 1 amide bonds. The standard InChI is InChI=1S/C21H24N2O4/c24-20(22-10-11-23-12-14-26-15-13-23)16-27-19-8-6-18(7-9-19)21(25)17-4-2-1-3-5-17/h1-9H,10-16H2,(H,22,24). The van der Waals surface area contributed by atoms with Crippen LogP contribution in [-0.2, 0) is 9.53 Å². The molecule has 3 rings (SSSR count). The largest absolute Gasteiger partial charge is 0.484 e. The number of carbonyl (C=O) groups excluding carboxylic acids is 2. The number of morpholine rings is 1. The van der Waals surface area contributed by atoms with Crippen molar-refractivity contribution in [1.82, 2.24) is 10.2 Å². The van der Waals surface area contributed by atoms with Crippen LogP contribution in [0.15, 0.2) is 54.6 Å². The minimum atomic E-state index is -0.160. The van der Waals surface area contributed by atoms with Gasteiger partial charge in [0.1, 0.15) is 5.75 Å². The second-order valence-corrected chi connectivity index (χ2v) is 6.31. The molecule has 0 radical (unpaired) electrons. The maximum Gasteiger partial charge on any atom is 0.257 e. The molecule has 1 aliphatic heterocycles. The van der Waals surface area contributed by atoms with Crippen LogP contribution in [0.2, 0.25) is 0 Å². The third-order valence-electron chi connectivity index (χ3n) is 4.38. The molecule has 142 valence electrons. The fourth-order valence-electron chi connectivity index (χ4n) is 2.84. The van der Waals surface area contributed by atoms with E-state index in [0.717, 1.165) is 32.8 Å². The molecular formula is C21H24N2O4. The fraction of sp³-hybridized carbons (Fsp3) is 0.333. The molecule has 1 saturated heterocycles. The summed E-state index contributed by atoms with van der Waals surface area (Å²) in [5.74, 6) is 0.360. The Morgan fingerprint density at radius 3 is 2.33 bits per heavy atom. The molecule has 1 fully saturated rings. The topological polar surface area (TPSA) is 67.9 Å². The van der Waals surface area contributed by atoms with Gasteiger partial charge in [0.25, 0.3) is 5.91 Å². The molecule has 0 unspecified atom stereocenters. The molecular weight excluding hydrogens is 344 g/mol. The van der Waals surface area contributed by atoms with Gasteiger partial charge in [-0.3, -0.25) is 14.5 Å². The maximum absolute atomic E-state index is 12.4. The highest BCUT2D eigenvalue weighted by molar-refractivity contribution is 6.08. The van der Waals surface area contributed by atoms with Gasteiger partial charge >= 0.3 is 0 Å². The average Bonchev–Trinajstić information content (AvgIpc) is 2.73. The first-order valence-electron chi connectivity index (χ1n) is 9.12. The van der Waals surface area contributed by atoms with Crippen LogP contribution < -0.4 is 10.1 Å². The van der Waals surface area contributed by atoms with E-state index in [9.17, 15) is 9.59 Å². The van der Waals surface area contributed by atoms with Gasteiger partial charge in [-0.15, -0.1) is 0 Å². The number of hydrogen-bond donors (Lipinski definition) is 1. The third-order valence-corrected chi connectivity index (χ3v) is 4.38. The third kappa shape index (κ3) is 5.91. The number of carbonyl (C=O) groups is 2. The summed E-state index contributed by atoms with van der Waals surface area (Å²) in [6.07, 6.45) is 0. The highest BCUT2D eigenvalue weighted by atomic mass is 16.5. The van der Waals surface area contributed by atoms with Crippen LogP contribution >= 0.6 is 0 Å². The summed E-state index contributed by atoms with van der Waals surface area (Å²) in [5, 5.41) is 2.85. The van der Waals surface area contributed by atoms with E-state index in [1.54, 1.807) is 36.4 Å². The summed E-state index contributed by atoms with van der Waals surface area (Å²) in [5.41, 5.74) is 1.23. The highest BCUT2D eigenvalue weighted by Gasteiger charge is 2.11. The predicted octanol–water partition coefficient (Wildman–Crippen LogP) is 1.74. The maximum atomic E-state index is 12.4. The number of nitrogens with one attached hydrogen (secondary N) is 1. The molecule has 2 aromatic carbocycles. The summed E-state index contributed by atoms with van der Waals surface area (Å²) in [6, 6.07) is 15.9. The summed E-state index contributed by atoms with van der Waals surface area (Å²) >= 11 is 0. The smallest absolute Gasteiger partial charge is 0.257 e. The Kier molecular flexibility index (Phi) is 6.96. The lowest BCUT2D eigenvalue weighted by molar-refractivity contribution is -0.123. The molecule has 0 aromatic heterocycles. The molecule has 1 aliphatic rings. The molecule has 0 aliphatic carbocycles. The number of hydrogen-bond acceptors (Lipinski definition) is 5. The van der Waals surface area contributed by atoms with Crippen molar-refractivity contribution in [2.75, 3.05) is 46.0 Å². The van der Waals surface area contributed by atoms with Gasteiger partial charge in [-0.1, -0.05) is 30.3 Å². The second-order valence-electron chi connectivity index (χ2n) is 6.31. The predicted molar refractivity (Wildman–Crippen MR) is 102 cm³/mol. The van der Waals surface area contributed by atoms with Crippen LogP contribution in [0.25, 0.3) is 0 Å². The summed E-state index contributed by atoms with van der Waals surface area (Å²) < 4.78 is 10.8. The number of rotatable bonds is 8. The SMILES string of the molecule is O=C(COc1ccc(C(=O)c2ccccc2)cc1)NCCN1CCOCC1. The first-order valence-corrected chi connectivity index (χ1v) is 9.12. The van der Waals surface area contributed by atoms with E-state index >= 15 is 0 Å². The fourth-order valence-corrected chi connectivity index (χ4v) is 2.84. The second kappa shape index (κ2) is 9.85. The Balaban J connectivity index is 1.40. The van der Waals surface area contributed by atoms with Gasteiger partial charge in [0, 0.05) is 37.3 Å². The van der Waals surface area contributed by atoms with E-state index in [0.29, 0.717) is 23.4 Å². The van der Waals surface area contributed by atoms with Crippen molar-refractivity contribution in [3.8, 4) is 5.75 Å². The molecule has 1 N–H and O–H groups in total. The molecule has 27 heavy (non-hydrogen) atoms. The lowest BCUT2D eigenvalue weighted by Crippen LogP contribution is -2.42. The first kappa shape index (κ1) is 19.1. The van der Waals surface area contributed by atoms with Crippen molar-refractivity contribution in [2.24, 2.45) is 0 Å². The molecule has 2 aromatic rings. The van der Waals surface area contributed by atoms with E-state index in [2.05, 4.69) is 10.2 Å². The van der Waals surface area contributed by atoms with Crippen molar-refractivity contribution in [3.05, 3.63) is 65.7 Å². The summed E-state index contributed by atoms with van der Waals surface area (Å²) in [6.45, 7) is 4.66. The Morgan fingerprint density at radius 2 is 1.63 bits per heavy atom. The summed E-state index contributed by atoms with van der Waals surface area (Å²) in [7, 11) is 0. The lowest BCUT2D eigenvalue weighted by atomic mass is 10.0. The normalized spacial score (nSPS) is 14.5. The van der Waals surface area contributed by atoms with E-state index in [1.165, 1.54) is 0 Å². The highest BCUT2D eigenvalue weighted by Crippen LogP contribution is 2.15. The zero-order valence-corrected chi connectivity index (χ0v) is 15.2. The minimum Gasteiger partial charge on any atom is -0.484 e. The Bertz CT molecular complexity index is 741. The van der Waals surface area contributed by atoms with E-state index < -0.39 is 0 Å². The van der Waals surface area contributed by atoms with Gasteiger partial charge < -0.3 is 14.8 Å². The van der Waals surface area contributed by atoms with Gasteiger partial charge in [0.05, 0.1) is 13.2 Å². The molecule has 6 nitrogen and oxygen atoms in total. The molecule has 0 bridgehead atoms. The Hall–Kier alpha value is -2.70. The van der Waals surface area contributed by atoms with Crippen molar-refractivity contribution in [1.29, 1.82) is 0 Å². The molecule has 6 heteroatoms. The zero-order chi connectivity index (χ0) is 18.9. The lowest BCUT2D eigenvalue weighted by Gasteiger charge is -2.26. The Morgan fingerprint density at radius 1 is 0.963 bits per heavy atom. The number of benzene rings is 2. The van der Waals surface area contributed by atoms with Crippen molar-refractivity contribution in [3.63, 3.8) is 0 Å². The van der Waals surface area contributed by atoms with Gasteiger partial charge in [0.2, 0.25) is 0 Å². The van der Waals surface area contributed by atoms with E-state index in [1.807, 2.05) is 18.2 Å². The molecule has 0 saturated carbocycles. The van der Waals surface area contributed by atoms with Crippen LogP contribution in [0.4, 0.5) is 0 Å². The van der Waals surface area contributed by atoms with Crippen LogP contribution in [0, 0.1) is 0 Å². The van der Waals surface area contributed by atoms with Crippen LogP contribution in [0.3, 0.4) is 0 Å². The van der Waals surface area contributed by atoms with Crippen LogP contribution in [0.5, 0.6) is 5.75 Å². The van der Waals surface area contributed by atoms with Crippen LogP contribution in [0.1, 0.15) is 15.9 Å². The minimum absolute atomic E-state index is 0.0389. The summed E-state index contributed by atoms with van der Waals surface area (Å²) in [4.78, 5) is 26.5. The van der Waals surface area contributed by atoms with Gasteiger partial charge in [-0.2, -0.15) is 0 Å². The quantitative estimate of drug-likeness (QED) is 0.719. The first-order chi connectivity index (χ1) is 13.2. The Labute approximate surface area is 159 Å². The van der Waals surface area contributed by atoms with Gasteiger partial charge in [-0.25, -0.2) is 0 Å². The van der Waals surface area contributed by atoms with Crippen molar-refractivity contribution >= 4 is 11.7 Å². The monoisotopic (exact) mass is 368 g/mol. The number of ether oxygens (including phenoxy) is 2. The number of amides is 1. The van der Waals surface area contributed by atoms with Gasteiger partial charge in [0.15, 0.2) is 12.4 Å². The molecule has 0 atom stereocenters. The van der Waals surface area contributed by atoms with Crippen molar-refractivity contribution in [2.45, 2.75) is 0 Å². The van der Waals surface area contributed by atoms with E-state index in [4.69, 9.17) is 9.47 Å². The van der Waals surface area contributed by atoms with Gasteiger partial charge in [-0.05, 0) is 24.3 Å². The molecule has 1 heterocycles. The van der Waals surface area contributed by atoms with E-state index in [-0.39, 0.29) is 18.3 Å². The zero-order valence-electron chi connectivity index (χ0n) is 15.2. The average molecular weight is 368 g/mol. The number of nitrogens with zero attached hydrogens (tertiary/aromatic N) is 1. The number of ketones is 1. The molecule has 0 spiro atoms. The van der Waals surface area contributed by atoms with Crippen molar-refractivity contribution < 1.29 is 19.1 Å².